The average Bonchev–Trinajstić information content (AvgIpc) is 2.54. The van der Waals surface area contributed by atoms with Gasteiger partial charge in [0.25, 0.3) is 0 Å². The molecule has 1 N–H and O–H groups in total. The van der Waals surface area contributed by atoms with Gasteiger partial charge in [-0.1, -0.05) is 32.6 Å². The largest absolute Gasteiger partial charge is 0.317 e. The van der Waals surface area contributed by atoms with Gasteiger partial charge in [0.2, 0.25) is 0 Å². The van der Waals surface area contributed by atoms with Gasteiger partial charge in [0, 0.05) is 0 Å². The summed E-state index contributed by atoms with van der Waals surface area (Å²) in [6.07, 6.45) is 9.68. The lowest BCUT2D eigenvalue weighted by Gasteiger charge is -2.22. The van der Waals surface area contributed by atoms with E-state index in [0.717, 1.165) is 5.92 Å². The number of piperidine rings is 1. The summed E-state index contributed by atoms with van der Waals surface area (Å²) in [6.45, 7) is 4.65. The third kappa shape index (κ3) is 2.44. The molecule has 0 radical (unpaired) electrons. The van der Waals surface area contributed by atoms with Gasteiger partial charge in [-0.25, -0.2) is 0 Å². The smallest absolute Gasteiger partial charge is 0.00431 e. The van der Waals surface area contributed by atoms with Crippen molar-refractivity contribution in [2.75, 3.05) is 13.1 Å². The molecule has 2 aliphatic rings. The molecule has 0 saturated carbocycles. The molecule has 1 fully saturated rings. The van der Waals surface area contributed by atoms with Crippen molar-refractivity contribution in [3.63, 3.8) is 0 Å². The van der Waals surface area contributed by atoms with Gasteiger partial charge in [-0.15, -0.1) is 0 Å². The van der Waals surface area contributed by atoms with Crippen molar-refractivity contribution < 1.29 is 0 Å². The maximum absolute atomic E-state index is 3.40. The average molecular weight is 179 g/mol. The van der Waals surface area contributed by atoms with E-state index < -0.39 is 0 Å². The quantitative estimate of drug-likeness (QED) is 0.652. The predicted octanol–water partition coefficient (Wildman–Crippen LogP) is 2.75. The molecule has 1 atom stereocenters. The second-order valence-corrected chi connectivity index (χ2v) is 3.91. The highest BCUT2D eigenvalue weighted by atomic mass is 14.9. The molecule has 0 bridgehead atoms. The Morgan fingerprint density at radius 2 is 2.00 bits per heavy atom. The molecule has 74 valence electrons. The zero-order valence-electron chi connectivity index (χ0n) is 7.72. The number of allylic oxidation sites excluding steroid dienone is 4. The first kappa shape index (κ1) is 10.5. The standard InChI is InChI=1S/C11H17N.CH4/c1-9-2-3-11(8-9)10-4-6-12-7-5-10;/h2-3,8-10,12H,4-7H2,1H3;1H4. The van der Waals surface area contributed by atoms with Crippen LogP contribution in [0.15, 0.2) is 23.8 Å². The van der Waals surface area contributed by atoms with Crippen LogP contribution in [0.5, 0.6) is 0 Å². The van der Waals surface area contributed by atoms with Crippen LogP contribution in [-0.4, -0.2) is 13.1 Å². The Labute approximate surface area is 81.9 Å². The van der Waals surface area contributed by atoms with Crippen molar-refractivity contribution in [1.29, 1.82) is 0 Å². The van der Waals surface area contributed by atoms with Gasteiger partial charge in [-0.05, 0) is 43.3 Å². The Balaban J connectivity index is 0.000000845. The van der Waals surface area contributed by atoms with Crippen LogP contribution >= 0.6 is 0 Å². The summed E-state index contributed by atoms with van der Waals surface area (Å²) in [4.78, 5) is 0. The maximum atomic E-state index is 3.40. The lowest BCUT2D eigenvalue weighted by atomic mass is 9.90. The summed E-state index contributed by atoms with van der Waals surface area (Å²) in [6, 6.07) is 0. The van der Waals surface area contributed by atoms with E-state index in [2.05, 4.69) is 30.5 Å². The topological polar surface area (TPSA) is 12.0 Å². The van der Waals surface area contributed by atoms with Crippen molar-refractivity contribution >= 4 is 0 Å². The number of nitrogens with one attached hydrogen (secondary N) is 1. The van der Waals surface area contributed by atoms with Crippen molar-refractivity contribution in [3.05, 3.63) is 23.8 Å². The fourth-order valence-electron chi connectivity index (χ4n) is 2.10. The molecular formula is C12H21N. The summed E-state index contributed by atoms with van der Waals surface area (Å²) in [7, 11) is 0. The third-order valence-corrected chi connectivity index (χ3v) is 2.86. The van der Waals surface area contributed by atoms with E-state index in [-0.39, 0.29) is 7.43 Å². The van der Waals surface area contributed by atoms with Crippen LogP contribution in [0, 0.1) is 11.8 Å². The maximum Gasteiger partial charge on any atom is -0.00431 e. The molecule has 2 rings (SSSR count). The molecule has 1 unspecified atom stereocenters. The molecule has 0 amide bonds. The van der Waals surface area contributed by atoms with Crippen LogP contribution in [-0.2, 0) is 0 Å². The minimum absolute atomic E-state index is 0. The van der Waals surface area contributed by atoms with Gasteiger partial charge < -0.3 is 5.32 Å². The van der Waals surface area contributed by atoms with E-state index >= 15 is 0 Å². The molecule has 0 aromatic carbocycles. The zero-order valence-corrected chi connectivity index (χ0v) is 7.72. The van der Waals surface area contributed by atoms with Gasteiger partial charge in [-0.2, -0.15) is 0 Å². The number of rotatable bonds is 1. The Morgan fingerprint density at radius 1 is 1.31 bits per heavy atom. The SMILES string of the molecule is C.CC1C=CC(C2CCNCC2)=C1. The normalized spacial score (nSPS) is 28.4. The molecular weight excluding hydrogens is 158 g/mol. The monoisotopic (exact) mass is 179 g/mol. The first-order valence-corrected chi connectivity index (χ1v) is 4.97. The second-order valence-electron chi connectivity index (χ2n) is 3.91. The molecule has 0 spiro atoms. The van der Waals surface area contributed by atoms with Crippen LogP contribution in [0.1, 0.15) is 27.2 Å². The highest BCUT2D eigenvalue weighted by Crippen LogP contribution is 2.27. The molecule has 1 heterocycles. The fourth-order valence-corrected chi connectivity index (χ4v) is 2.10. The fraction of sp³-hybridized carbons (Fsp3) is 0.667. The third-order valence-electron chi connectivity index (χ3n) is 2.86. The van der Waals surface area contributed by atoms with Crippen molar-refractivity contribution in [2.24, 2.45) is 11.8 Å². The Morgan fingerprint density at radius 3 is 2.54 bits per heavy atom. The van der Waals surface area contributed by atoms with Crippen LogP contribution in [0.2, 0.25) is 0 Å². The molecule has 0 aromatic rings. The minimum atomic E-state index is 0. The van der Waals surface area contributed by atoms with Crippen molar-refractivity contribution in [3.8, 4) is 0 Å². The molecule has 0 aromatic heterocycles. The van der Waals surface area contributed by atoms with Gasteiger partial charge in [0.05, 0.1) is 0 Å². The molecule has 1 saturated heterocycles. The van der Waals surface area contributed by atoms with E-state index in [0.29, 0.717) is 5.92 Å². The Bertz CT molecular complexity index is 209. The van der Waals surface area contributed by atoms with Crippen molar-refractivity contribution in [2.45, 2.75) is 27.2 Å². The van der Waals surface area contributed by atoms with E-state index in [1.165, 1.54) is 25.9 Å². The van der Waals surface area contributed by atoms with E-state index in [1.807, 2.05) is 0 Å². The van der Waals surface area contributed by atoms with E-state index in [9.17, 15) is 0 Å². The molecule has 1 aliphatic carbocycles. The zero-order chi connectivity index (χ0) is 8.39. The molecule has 13 heavy (non-hydrogen) atoms. The van der Waals surface area contributed by atoms with Gasteiger partial charge in [-0.3, -0.25) is 0 Å². The summed E-state index contributed by atoms with van der Waals surface area (Å²) >= 11 is 0. The minimum Gasteiger partial charge on any atom is -0.317 e. The summed E-state index contributed by atoms with van der Waals surface area (Å²) in [5, 5.41) is 3.40. The van der Waals surface area contributed by atoms with Crippen LogP contribution in [0.3, 0.4) is 0 Å². The molecule has 1 heteroatoms. The lowest BCUT2D eigenvalue weighted by Crippen LogP contribution is -2.28. The summed E-state index contributed by atoms with van der Waals surface area (Å²) in [5.74, 6) is 1.52. The van der Waals surface area contributed by atoms with Gasteiger partial charge >= 0.3 is 0 Å². The summed E-state index contributed by atoms with van der Waals surface area (Å²) in [5.41, 5.74) is 1.59. The lowest BCUT2D eigenvalue weighted by molar-refractivity contribution is 0.425. The molecule has 1 aliphatic heterocycles. The second kappa shape index (κ2) is 4.61. The van der Waals surface area contributed by atoms with Crippen molar-refractivity contribution in [1.82, 2.24) is 5.32 Å². The van der Waals surface area contributed by atoms with Crippen LogP contribution in [0.25, 0.3) is 0 Å². The first-order chi connectivity index (χ1) is 5.86. The number of hydrogen-bond donors (Lipinski definition) is 1. The Hall–Kier alpha value is -0.560. The van der Waals surface area contributed by atoms with Gasteiger partial charge in [0.15, 0.2) is 0 Å². The van der Waals surface area contributed by atoms with E-state index in [1.54, 1.807) is 5.57 Å². The highest BCUT2D eigenvalue weighted by molar-refractivity contribution is 5.30. The summed E-state index contributed by atoms with van der Waals surface area (Å²) < 4.78 is 0. The van der Waals surface area contributed by atoms with Gasteiger partial charge in [0.1, 0.15) is 0 Å². The molecule has 1 nitrogen and oxygen atoms in total. The Kier molecular flexibility index (Phi) is 3.73. The van der Waals surface area contributed by atoms with Crippen LogP contribution < -0.4 is 5.32 Å². The number of hydrogen-bond acceptors (Lipinski definition) is 1. The van der Waals surface area contributed by atoms with Crippen LogP contribution in [0.4, 0.5) is 0 Å². The van der Waals surface area contributed by atoms with E-state index in [4.69, 9.17) is 0 Å². The first-order valence-electron chi connectivity index (χ1n) is 4.97. The highest BCUT2D eigenvalue weighted by Gasteiger charge is 2.18. The predicted molar refractivity (Wildman–Crippen MR) is 58.7 cm³/mol.